The first-order valence-corrected chi connectivity index (χ1v) is 4.64. The fourth-order valence-corrected chi connectivity index (χ4v) is 1.93. The van der Waals surface area contributed by atoms with Crippen molar-refractivity contribution in [2.24, 2.45) is 5.11 Å². The van der Waals surface area contributed by atoms with E-state index in [1.54, 1.807) is 6.07 Å². The number of rotatable bonds is 1. The number of nitrogens with zero attached hydrogens (tertiary/aromatic N) is 3. The first kappa shape index (κ1) is 9.03. The van der Waals surface area contributed by atoms with Crippen molar-refractivity contribution in [2.45, 2.75) is 25.3 Å². The van der Waals surface area contributed by atoms with Gasteiger partial charge in [-0.05, 0) is 48.1 Å². The lowest BCUT2D eigenvalue weighted by Crippen LogP contribution is -2.07. The van der Waals surface area contributed by atoms with Gasteiger partial charge in [-0.15, -0.1) is 0 Å². The predicted octanol–water partition coefficient (Wildman–Crippen LogP) is 3.51. The largest absolute Gasteiger partial charge is 0.207 e. The van der Waals surface area contributed by atoms with Gasteiger partial charge in [-0.3, -0.25) is 0 Å². The van der Waals surface area contributed by atoms with Gasteiger partial charge in [-0.25, -0.2) is 4.39 Å². The number of fused-ring (bicyclic) bond motifs is 1. The second kappa shape index (κ2) is 3.68. The molecule has 0 aromatic heterocycles. The zero-order valence-electron chi connectivity index (χ0n) is 7.65. The lowest BCUT2D eigenvalue weighted by Gasteiger charge is -2.21. The van der Waals surface area contributed by atoms with Crippen LogP contribution >= 0.6 is 0 Å². The normalized spacial score (nSPS) is 19.6. The molecule has 1 aromatic rings. The van der Waals surface area contributed by atoms with Gasteiger partial charge in [0.2, 0.25) is 0 Å². The first-order chi connectivity index (χ1) is 6.81. The summed E-state index contributed by atoms with van der Waals surface area (Å²) in [5, 5.41) is 3.68. The Bertz CT molecular complexity index is 396. The van der Waals surface area contributed by atoms with E-state index in [0.29, 0.717) is 0 Å². The third-order valence-corrected chi connectivity index (χ3v) is 2.58. The summed E-state index contributed by atoms with van der Waals surface area (Å²) in [6, 6.07) is 4.54. The lowest BCUT2D eigenvalue weighted by molar-refractivity contribution is 0.555. The van der Waals surface area contributed by atoms with Crippen molar-refractivity contribution in [1.29, 1.82) is 0 Å². The summed E-state index contributed by atoms with van der Waals surface area (Å²) in [6.45, 7) is 0. The van der Waals surface area contributed by atoms with Crippen molar-refractivity contribution < 1.29 is 4.39 Å². The quantitative estimate of drug-likeness (QED) is 0.370. The summed E-state index contributed by atoms with van der Waals surface area (Å²) in [5.41, 5.74) is 10.3. The molecule has 1 atom stereocenters. The van der Waals surface area contributed by atoms with Crippen LogP contribution in [0, 0.1) is 5.82 Å². The van der Waals surface area contributed by atoms with Gasteiger partial charge in [0.05, 0.1) is 6.04 Å². The van der Waals surface area contributed by atoms with Gasteiger partial charge in [0.15, 0.2) is 0 Å². The molecule has 0 N–H and O–H groups in total. The van der Waals surface area contributed by atoms with E-state index in [1.165, 1.54) is 12.1 Å². The lowest BCUT2D eigenvalue weighted by atomic mass is 9.88. The molecule has 0 heterocycles. The summed E-state index contributed by atoms with van der Waals surface area (Å²) in [5.74, 6) is -0.260. The van der Waals surface area contributed by atoms with Crippen LogP contribution in [0.3, 0.4) is 0 Å². The fraction of sp³-hybridized carbons (Fsp3) is 0.400. The maximum Gasteiger partial charge on any atom is 0.123 e. The highest BCUT2D eigenvalue weighted by molar-refractivity contribution is 5.32. The molecular formula is C10H10FN3. The van der Waals surface area contributed by atoms with Gasteiger partial charge in [-0.2, -0.15) is 0 Å². The van der Waals surface area contributed by atoms with Gasteiger partial charge in [0.1, 0.15) is 5.82 Å². The molecule has 14 heavy (non-hydrogen) atoms. The van der Waals surface area contributed by atoms with Gasteiger partial charge >= 0.3 is 0 Å². The summed E-state index contributed by atoms with van der Waals surface area (Å²) in [6.07, 6.45) is 2.77. The van der Waals surface area contributed by atoms with E-state index in [-0.39, 0.29) is 11.9 Å². The van der Waals surface area contributed by atoms with E-state index >= 15 is 0 Å². The Balaban J connectivity index is 2.46. The van der Waals surface area contributed by atoms with Crippen molar-refractivity contribution in [3.63, 3.8) is 0 Å². The van der Waals surface area contributed by atoms with Crippen LogP contribution in [0.25, 0.3) is 10.4 Å². The molecule has 0 saturated carbocycles. The molecule has 4 heteroatoms. The zero-order valence-corrected chi connectivity index (χ0v) is 7.65. The van der Waals surface area contributed by atoms with Crippen molar-refractivity contribution in [3.05, 3.63) is 45.6 Å². The smallest absolute Gasteiger partial charge is 0.123 e. The summed E-state index contributed by atoms with van der Waals surface area (Å²) < 4.78 is 13.0. The van der Waals surface area contributed by atoms with Gasteiger partial charge < -0.3 is 0 Å². The van der Waals surface area contributed by atoms with Crippen LogP contribution in [0.4, 0.5) is 4.39 Å². The first-order valence-electron chi connectivity index (χ1n) is 4.64. The standard InChI is InChI=1S/C10H10FN3/c11-8-5-4-7-2-1-3-10(13-14-12)9(7)6-8/h4-6,10H,1-3H2/t10-/m1/s1. The Kier molecular flexibility index (Phi) is 2.37. The number of hydrogen-bond donors (Lipinski definition) is 0. The molecule has 72 valence electrons. The molecule has 0 saturated heterocycles. The van der Waals surface area contributed by atoms with Crippen LogP contribution in [-0.4, -0.2) is 0 Å². The third-order valence-electron chi connectivity index (χ3n) is 2.58. The fourth-order valence-electron chi connectivity index (χ4n) is 1.93. The maximum atomic E-state index is 13.0. The molecule has 0 aliphatic heterocycles. The van der Waals surface area contributed by atoms with Gasteiger partial charge in [0, 0.05) is 4.91 Å². The van der Waals surface area contributed by atoms with Crippen LogP contribution < -0.4 is 0 Å². The SMILES string of the molecule is [N-]=[N+]=N[C@@H]1CCCc2ccc(F)cc21. The molecule has 2 rings (SSSR count). The molecule has 0 fully saturated rings. The topological polar surface area (TPSA) is 48.8 Å². The summed E-state index contributed by atoms with van der Waals surface area (Å²) in [7, 11) is 0. The minimum atomic E-state index is -0.260. The number of azide groups is 1. The predicted molar refractivity (Wildman–Crippen MR) is 51.2 cm³/mol. The molecule has 1 aliphatic rings. The molecule has 0 radical (unpaired) electrons. The van der Waals surface area contributed by atoms with E-state index in [4.69, 9.17) is 5.53 Å². The van der Waals surface area contributed by atoms with E-state index < -0.39 is 0 Å². The number of benzene rings is 1. The molecule has 0 bridgehead atoms. The number of halogens is 1. The molecule has 1 aliphatic carbocycles. The van der Waals surface area contributed by atoms with Crippen LogP contribution in [0.1, 0.15) is 30.0 Å². The highest BCUT2D eigenvalue weighted by Crippen LogP contribution is 2.32. The molecule has 3 nitrogen and oxygen atoms in total. The Labute approximate surface area is 81.2 Å². The molecule has 0 unspecified atom stereocenters. The number of aryl methyl sites for hydroxylation is 1. The Morgan fingerprint density at radius 2 is 2.36 bits per heavy atom. The van der Waals surface area contributed by atoms with Crippen LogP contribution in [0.2, 0.25) is 0 Å². The van der Waals surface area contributed by atoms with Crippen LogP contribution in [0.5, 0.6) is 0 Å². The van der Waals surface area contributed by atoms with Crippen molar-refractivity contribution in [3.8, 4) is 0 Å². The molecular weight excluding hydrogens is 181 g/mol. The zero-order chi connectivity index (χ0) is 9.97. The average Bonchev–Trinajstić information content (AvgIpc) is 2.19. The minimum absolute atomic E-state index is 0.181. The number of hydrogen-bond acceptors (Lipinski definition) is 1. The van der Waals surface area contributed by atoms with Gasteiger partial charge in [-0.1, -0.05) is 11.2 Å². The highest BCUT2D eigenvalue weighted by Gasteiger charge is 2.19. The van der Waals surface area contributed by atoms with Crippen molar-refractivity contribution in [1.82, 2.24) is 0 Å². The Morgan fingerprint density at radius 3 is 3.14 bits per heavy atom. The second-order valence-corrected chi connectivity index (χ2v) is 3.46. The van der Waals surface area contributed by atoms with Crippen LogP contribution in [-0.2, 0) is 6.42 Å². The Morgan fingerprint density at radius 1 is 1.50 bits per heavy atom. The minimum Gasteiger partial charge on any atom is -0.207 e. The monoisotopic (exact) mass is 191 g/mol. The molecule has 0 spiro atoms. The van der Waals surface area contributed by atoms with E-state index in [2.05, 4.69) is 10.0 Å². The highest BCUT2D eigenvalue weighted by atomic mass is 19.1. The van der Waals surface area contributed by atoms with E-state index in [1.807, 2.05) is 0 Å². The van der Waals surface area contributed by atoms with E-state index in [9.17, 15) is 4.39 Å². The maximum absolute atomic E-state index is 13.0. The molecule has 0 amide bonds. The Hall–Kier alpha value is -1.54. The van der Waals surface area contributed by atoms with E-state index in [0.717, 1.165) is 30.4 Å². The van der Waals surface area contributed by atoms with Gasteiger partial charge in [0.25, 0.3) is 0 Å². The average molecular weight is 191 g/mol. The van der Waals surface area contributed by atoms with Crippen molar-refractivity contribution in [2.75, 3.05) is 0 Å². The summed E-state index contributed by atoms with van der Waals surface area (Å²) >= 11 is 0. The van der Waals surface area contributed by atoms with Crippen LogP contribution in [0.15, 0.2) is 23.3 Å². The summed E-state index contributed by atoms with van der Waals surface area (Å²) in [4.78, 5) is 2.79. The second-order valence-electron chi connectivity index (χ2n) is 3.46. The van der Waals surface area contributed by atoms with Crippen molar-refractivity contribution >= 4 is 0 Å². The molecule has 1 aromatic carbocycles. The third kappa shape index (κ3) is 1.56.